The van der Waals surface area contributed by atoms with Gasteiger partial charge in [-0.2, -0.15) is 0 Å². The van der Waals surface area contributed by atoms with Crippen LogP contribution in [0.4, 0.5) is 0 Å². The molecule has 7 nitrogen and oxygen atoms in total. The van der Waals surface area contributed by atoms with Crippen molar-refractivity contribution >= 4 is 24.3 Å². The Hall–Kier alpha value is -2.80. The number of nitrogens with zero attached hydrogens (tertiary/aromatic N) is 1. The molecule has 146 valence electrons. The summed E-state index contributed by atoms with van der Waals surface area (Å²) >= 11 is 0. The summed E-state index contributed by atoms with van der Waals surface area (Å²) in [4.78, 5) is 28.4. The smallest absolute Gasteiger partial charge is 0.338 e. The molecule has 2 aromatic rings. The number of ether oxygens (including phenoxy) is 3. The van der Waals surface area contributed by atoms with Gasteiger partial charge < -0.3 is 19.5 Å². The molecule has 0 unspecified atom stereocenters. The van der Waals surface area contributed by atoms with Crippen molar-refractivity contribution in [2.45, 2.75) is 19.4 Å². The zero-order chi connectivity index (χ0) is 19.2. The number of amides is 1. The van der Waals surface area contributed by atoms with E-state index >= 15 is 0 Å². The van der Waals surface area contributed by atoms with Gasteiger partial charge >= 0.3 is 5.97 Å². The number of carbonyl (C=O) groups is 2. The highest BCUT2D eigenvalue weighted by atomic mass is 35.5. The number of carbonyl (C=O) groups excluding carboxylic acids is 2. The van der Waals surface area contributed by atoms with Crippen LogP contribution < -0.4 is 14.8 Å². The number of benzene rings is 1. The van der Waals surface area contributed by atoms with E-state index < -0.39 is 11.5 Å². The largest absolute Gasteiger partial charge is 0.493 e. The van der Waals surface area contributed by atoms with Crippen molar-refractivity contribution in [3.8, 4) is 11.5 Å². The van der Waals surface area contributed by atoms with Crippen molar-refractivity contribution in [1.29, 1.82) is 0 Å². The maximum absolute atomic E-state index is 12.3. The van der Waals surface area contributed by atoms with Crippen LogP contribution in [0.2, 0.25) is 0 Å². The molecule has 0 fully saturated rings. The number of pyridine rings is 1. The van der Waals surface area contributed by atoms with Gasteiger partial charge in [0, 0.05) is 18.0 Å². The molecule has 0 saturated heterocycles. The number of methoxy groups -OCH3 is 2. The van der Waals surface area contributed by atoms with Crippen LogP contribution in [0.1, 0.15) is 34.6 Å². The van der Waals surface area contributed by atoms with Gasteiger partial charge in [-0.05, 0) is 44.2 Å². The molecule has 2 rings (SSSR count). The summed E-state index contributed by atoms with van der Waals surface area (Å²) in [5, 5.41) is 2.83. The maximum Gasteiger partial charge on any atom is 0.338 e. The molecule has 1 aromatic carbocycles. The van der Waals surface area contributed by atoms with Crippen molar-refractivity contribution < 1.29 is 23.8 Å². The third kappa shape index (κ3) is 6.14. The average molecular weight is 395 g/mol. The second-order valence-electron chi connectivity index (χ2n) is 6.22. The highest BCUT2D eigenvalue weighted by Gasteiger charge is 2.24. The Morgan fingerprint density at radius 1 is 1.00 bits per heavy atom. The van der Waals surface area contributed by atoms with Crippen molar-refractivity contribution in [2.75, 3.05) is 20.8 Å². The molecule has 0 aliphatic rings. The molecule has 8 heteroatoms. The Kier molecular flexibility index (Phi) is 8.05. The van der Waals surface area contributed by atoms with E-state index in [1.54, 1.807) is 56.6 Å². The topological polar surface area (TPSA) is 86.8 Å². The lowest BCUT2D eigenvalue weighted by atomic mass is 10.1. The van der Waals surface area contributed by atoms with E-state index in [9.17, 15) is 9.59 Å². The standard InChI is InChI=1S/C19H22N2O5.ClH/c1-19(2,21-17(22)13-7-9-20-10-8-13)12-26-18(23)14-5-6-15(24-3)16(11-14)25-4;/h5-11H,12H2,1-4H3,(H,21,22);1H. The van der Waals surface area contributed by atoms with Crippen molar-refractivity contribution in [2.24, 2.45) is 0 Å². The van der Waals surface area contributed by atoms with Crippen LogP contribution in [-0.2, 0) is 4.74 Å². The Morgan fingerprint density at radius 2 is 1.63 bits per heavy atom. The molecule has 0 aliphatic heterocycles. The zero-order valence-electron chi connectivity index (χ0n) is 15.6. The first-order valence-electron chi connectivity index (χ1n) is 7.98. The van der Waals surface area contributed by atoms with E-state index in [4.69, 9.17) is 14.2 Å². The molecule has 1 aromatic heterocycles. The normalized spacial score (nSPS) is 10.4. The Morgan fingerprint density at radius 3 is 2.22 bits per heavy atom. The Labute approximate surface area is 164 Å². The fourth-order valence-corrected chi connectivity index (χ4v) is 2.21. The Bertz CT molecular complexity index is 781. The van der Waals surface area contributed by atoms with Crippen LogP contribution in [0.3, 0.4) is 0 Å². The second-order valence-corrected chi connectivity index (χ2v) is 6.22. The van der Waals surface area contributed by atoms with Gasteiger partial charge in [-0.15, -0.1) is 12.4 Å². The summed E-state index contributed by atoms with van der Waals surface area (Å²) in [7, 11) is 3.01. The van der Waals surface area contributed by atoms with Crippen LogP contribution in [0.25, 0.3) is 0 Å². The van der Waals surface area contributed by atoms with Crippen LogP contribution in [0.15, 0.2) is 42.7 Å². The van der Waals surface area contributed by atoms with Crippen molar-refractivity contribution in [3.63, 3.8) is 0 Å². The highest BCUT2D eigenvalue weighted by molar-refractivity contribution is 5.94. The maximum atomic E-state index is 12.3. The monoisotopic (exact) mass is 394 g/mol. The van der Waals surface area contributed by atoms with Crippen LogP contribution in [0, 0.1) is 0 Å². The van der Waals surface area contributed by atoms with Gasteiger partial charge in [0.25, 0.3) is 5.91 Å². The number of nitrogens with one attached hydrogen (secondary N) is 1. The first kappa shape index (κ1) is 22.2. The van der Waals surface area contributed by atoms with Gasteiger partial charge in [0.2, 0.25) is 0 Å². The minimum Gasteiger partial charge on any atom is -0.493 e. The van der Waals surface area contributed by atoms with E-state index in [1.807, 2.05) is 0 Å². The van der Waals surface area contributed by atoms with Crippen LogP contribution >= 0.6 is 12.4 Å². The van der Waals surface area contributed by atoms with Gasteiger partial charge in [0.15, 0.2) is 11.5 Å². The second kappa shape index (κ2) is 9.78. The predicted octanol–water partition coefficient (Wildman–Crippen LogP) is 2.89. The molecule has 0 spiro atoms. The predicted molar refractivity (Wildman–Crippen MR) is 103 cm³/mol. The number of rotatable bonds is 7. The first-order valence-corrected chi connectivity index (χ1v) is 7.98. The molecule has 27 heavy (non-hydrogen) atoms. The number of hydrogen-bond donors (Lipinski definition) is 1. The molecule has 0 atom stereocenters. The summed E-state index contributed by atoms with van der Waals surface area (Å²) < 4.78 is 15.7. The molecule has 0 saturated carbocycles. The van der Waals surface area contributed by atoms with Gasteiger partial charge in [0.1, 0.15) is 6.61 Å². The van der Waals surface area contributed by atoms with Gasteiger partial charge in [-0.25, -0.2) is 4.79 Å². The van der Waals surface area contributed by atoms with E-state index in [0.717, 1.165) is 0 Å². The minimum atomic E-state index is -0.743. The van der Waals surface area contributed by atoms with E-state index in [2.05, 4.69) is 10.3 Å². The molecule has 1 amide bonds. The summed E-state index contributed by atoms with van der Waals surface area (Å²) in [5.41, 5.74) is 0.0743. The van der Waals surface area contributed by atoms with Crippen molar-refractivity contribution in [1.82, 2.24) is 10.3 Å². The third-order valence-corrected chi connectivity index (χ3v) is 3.58. The lowest BCUT2D eigenvalue weighted by molar-refractivity contribution is 0.0389. The zero-order valence-corrected chi connectivity index (χ0v) is 16.5. The summed E-state index contributed by atoms with van der Waals surface area (Å²) in [6.45, 7) is 3.55. The number of esters is 1. The molecule has 0 aliphatic carbocycles. The Balaban J connectivity index is 0.00000364. The molecule has 0 bridgehead atoms. The highest BCUT2D eigenvalue weighted by Crippen LogP contribution is 2.27. The molecule has 1 heterocycles. The first-order chi connectivity index (χ1) is 12.4. The fourth-order valence-electron chi connectivity index (χ4n) is 2.21. The lowest BCUT2D eigenvalue weighted by Gasteiger charge is -2.25. The summed E-state index contributed by atoms with van der Waals surface area (Å²) in [6, 6.07) is 7.99. The SMILES string of the molecule is COc1ccc(C(=O)OCC(C)(C)NC(=O)c2ccncc2)cc1OC.Cl. The quantitative estimate of drug-likeness (QED) is 0.726. The fraction of sp³-hybridized carbons (Fsp3) is 0.316. The molecular weight excluding hydrogens is 372 g/mol. The minimum absolute atomic E-state index is 0. The molecule has 1 N–H and O–H groups in total. The van der Waals surface area contributed by atoms with E-state index in [1.165, 1.54) is 14.2 Å². The number of halogens is 1. The van der Waals surface area contributed by atoms with Gasteiger partial charge in [0.05, 0.1) is 25.3 Å². The average Bonchev–Trinajstić information content (AvgIpc) is 2.65. The van der Waals surface area contributed by atoms with Crippen LogP contribution in [0.5, 0.6) is 11.5 Å². The van der Waals surface area contributed by atoms with E-state index in [0.29, 0.717) is 22.6 Å². The van der Waals surface area contributed by atoms with Crippen LogP contribution in [-0.4, -0.2) is 43.2 Å². The third-order valence-electron chi connectivity index (χ3n) is 3.58. The van der Waals surface area contributed by atoms with E-state index in [-0.39, 0.29) is 24.9 Å². The number of hydrogen-bond acceptors (Lipinski definition) is 6. The number of aromatic nitrogens is 1. The van der Waals surface area contributed by atoms with Gasteiger partial charge in [-0.3, -0.25) is 9.78 Å². The lowest BCUT2D eigenvalue weighted by Crippen LogP contribution is -2.47. The van der Waals surface area contributed by atoms with Gasteiger partial charge in [-0.1, -0.05) is 0 Å². The molecular formula is C19H23ClN2O5. The molecule has 0 radical (unpaired) electrons. The summed E-state index contributed by atoms with van der Waals surface area (Å²) in [6.07, 6.45) is 3.08. The summed E-state index contributed by atoms with van der Waals surface area (Å²) in [5.74, 6) is 0.179. The van der Waals surface area contributed by atoms with Crippen molar-refractivity contribution in [3.05, 3.63) is 53.9 Å².